The van der Waals surface area contributed by atoms with Crippen molar-refractivity contribution in [1.82, 2.24) is 0 Å². The van der Waals surface area contributed by atoms with Crippen LogP contribution in [0.1, 0.15) is 20.8 Å². The molecule has 0 saturated carbocycles. The predicted octanol–water partition coefficient (Wildman–Crippen LogP) is -1.03. The number of carbonyl (C=O) groups excluding carboxylic acids is 1. The maximum Gasteiger partial charge on any atom is 0.328 e. The van der Waals surface area contributed by atoms with E-state index in [0.29, 0.717) is 31.9 Å². The second-order valence-electron chi connectivity index (χ2n) is 7.19. The zero-order chi connectivity index (χ0) is 21.2. The van der Waals surface area contributed by atoms with E-state index in [4.69, 9.17) is 14.6 Å². The van der Waals surface area contributed by atoms with Crippen LogP contribution in [0.15, 0.2) is 30.4 Å². The number of anilines is 1. The van der Waals surface area contributed by atoms with Crippen LogP contribution in [0.2, 0.25) is 0 Å². The van der Waals surface area contributed by atoms with Crippen molar-refractivity contribution in [2.24, 2.45) is 0 Å². The number of fused-ring (bicyclic) bond motifs is 1. The van der Waals surface area contributed by atoms with Crippen LogP contribution in [-0.2, 0) is 9.59 Å². The first-order chi connectivity index (χ1) is 13.1. The fourth-order valence-corrected chi connectivity index (χ4v) is 2.10. The van der Waals surface area contributed by atoms with E-state index in [1.807, 2.05) is 18.2 Å². The minimum Gasteiger partial charge on any atom is -0.545 e. The summed E-state index contributed by atoms with van der Waals surface area (Å²) in [7, 11) is 0. The van der Waals surface area contributed by atoms with Crippen LogP contribution >= 0.6 is 0 Å². The number of carboxylic acids is 2. The van der Waals surface area contributed by atoms with Gasteiger partial charge in [0.15, 0.2) is 0 Å². The molecule has 0 fully saturated rings. The summed E-state index contributed by atoms with van der Waals surface area (Å²) >= 11 is 0. The molecule has 1 unspecified atom stereocenters. The largest absolute Gasteiger partial charge is 0.545 e. The first-order valence-electron chi connectivity index (χ1n) is 8.85. The second-order valence-corrected chi connectivity index (χ2v) is 7.19. The Morgan fingerprint density at radius 3 is 2.68 bits per heavy atom. The minimum atomic E-state index is -1.51. The predicted molar refractivity (Wildman–Crippen MR) is 100 cm³/mol. The minimum absolute atomic E-state index is 0.119. The SMILES string of the molecule is CC(C)(C)[NH2+]CC(O)COc1ccc2c(c1)NCCO2.O=C([O-])/C=C/C(=O)O. The summed E-state index contributed by atoms with van der Waals surface area (Å²) in [4.78, 5) is 19.0. The smallest absolute Gasteiger partial charge is 0.328 e. The molecule has 9 heteroatoms. The van der Waals surface area contributed by atoms with Crippen molar-refractivity contribution in [3.63, 3.8) is 0 Å². The van der Waals surface area contributed by atoms with Crippen LogP contribution in [0.4, 0.5) is 5.69 Å². The number of aliphatic carboxylic acids is 2. The van der Waals surface area contributed by atoms with Gasteiger partial charge < -0.3 is 40.2 Å². The highest BCUT2D eigenvalue weighted by molar-refractivity contribution is 5.88. The standard InChI is InChI=1S/C15H24N2O3.C4H4O4/c1-15(2,3)17-9-11(18)10-20-12-4-5-14-13(8-12)16-6-7-19-14;5-3(6)1-2-4(7)8/h4-5,8,11,16-18H,6-7,9-10H2,1-3H3;1-2H,(H,5,6)(H,7,8)/b;2-1+. The lowest BCUT2D eigenvalue weighted by molar-refractivity contribution is -0.722. The van der Waals surface area contributed by atoms with Crippen molar-refractivity contribution in [1.29, 1.82) is 0 Å². The summed E-state index contributed by atoms with van der Waals surface area (Å²) in [6.45, 7) is 8.79. The molecule has 0 aromatic heterocycles. The third-order valence-electron chi connectivity index (χ3n) is 3.43. The summed E-state index contributed by atoms with van der Waals surface area (Å²) in [5, 5.41) is 32.5. The molecule has 28 heavy (non-hydrogen) atoms. The topological polar surface area (TPSA) is 145 Å². The molecule has 1 heterocycles. The maximum absolute atomic E-state index is 9.92. The van der Waals surface area contributed by atoms with Gasteiger partial charge in [0, 0.05) is 18.7 Å². The van der Waals surface area contributed by atoms with Gasteiger partial charge in [-0.15, -0.1) is 0 Å². The average molecular weight is 396 g/mol. The maximum atomic E-state index is 9.92. The van der Waals surface area contributed by atoms with Gasteiger partial charge in [-0.25, -0.2) is 4.79 Å². The zero-order valence-corrected chi connectivity index (χ0v) is 16.3. The van der Waals surface area contributed by atoms with E-state index < -0.39 is 18.0 Å². The molecule has 0 saturated heterocycles. The molecule has 1 aliphatic rings. The van der Waals surface area contributed by atoms with Gasteiger partial charge in [-0.1, -0.05) is 0 Å². The van der Waals surface area contributed by atoms with E-state index in [1.54, 1.807) is 0 Å². The van der Waals surface area contributed by atoms with Gasteiger partial charge >= 0.3 is 5.97 Å². The third-order valence-corrected chi connectivity index (χ3v) is 3.43. The molecule has 0 spiro atoms. The van der Waals surface area contributed by atoms with E-state index >= 15 is 0 Å². The van der Waals surface area contributed by atoms with Crippen LogP contribution in [0, 0.1) is 0 Å². The first-order valence-corrected chi connectivity index (χ1v) is 8.85. The molecular formula is C19H28N2O7. The number of quaternary nitrogens is 1. The Morgan fingerprint density at radius 1 is 1.39 bits per heavy atom. The van der Waals surface area contributed by atoms with E-state index in [0.717, 1.165) is 23.7 Å². The van der Waals surface area contributed by atoms with Crippen LogP contribution in [0.25, 0.3) is 0 Å². The third kappa shape index (κ3) is 10.4. The summed E-state index contributed by atoms with van der Waals surface area (Å²) in [5.74, 6) is -1.21. The number of rotatable bonds is 7. The highest BCUT2D eigenvalue weighted by atomic mass is 16.5. The lowest BCUT2D eigenvalue weighted by Crippen LogP contribution is -2.96. The van der Waals surface area contributed by atoms with Crippen molar-refractivity contribution in [2.75, 3.05) is 31.6 Å². The molecule has 0 radical (unpaired) electrons. The summed E-state index contributed by atoms with van der Waals surface area (Å²) in [6, 6.07) is 5.67. The molecule has 9 nitrogen and oxygen atoms in total. The van der Waals surface area contributed by atoms with E-state index in [9.17, 15) is 19.8 Å². The number of aliphatic hydroxyl groups excluding tert-OH is 1. The lowest BCUT2D eigenvalue weighted by atomic mass is 10.1. The molecule has 2 rings (SSSR count). The number of nitrogens with two attached hydrogens (primary N) is 1. The van der Waals surface area contributed by atoms with E-state index in [1.165, 1.54) is 0 Å². The Labute approximate surface area is 164 Å². The molecule has 1 atom stereocenters. The quantitative estimate of drug-likeness (QED) is 0.428. The molecule has 0 aliphatic carbocycles. The zero-order valence-electron chi connectivity index (χ0n) is 16.3. The monoisotopic (exact) mass is 396 g/mol. The number of carboxylic acid groups (broad SMARTS) is 2. The van der Waals surface area contributed by atoms with Crippen LogP contribution in [0.3, 0.4) is 0 Å². The van der Waals surface area contributed by atoms with Gasteiger partial charge in [-0.3, -0.25) is 0 Å². The van der Waals surface area contributed by atoms with Crippen molar-refractivity contribution in [3.05, 3.63) is 30.4 Å². The van der Waals surface area contributed by atoms with E-state index in [-0.39, 0.29) is 5.54 Å². The normalized spacial score (nSPS) is 14.0. The van der Waals surface area contributed by atoms with Gasteiger partial charge in [-0.2, -0.15) is 0 Å². The van der Waals surface area contributed by atoms with Crippen LogP contribution < -0.4 is 25.2 Å². The summed E-state index contributed by atoms with van der Waals surface area (Å²) < 4.78 is 11.1. The van der Waals surface area contributed by atoms with Gasteiger partial charge in [0.1, 0.15) is 37.4 Å². The lowest BCUT2D eigenvalue weighted by Gasteiger charge is -2.21. The summed E-state index contributed by atoms with van der Waals surface area (Å²) in [5.41, 5.74) is 1.07. The van der Waals surface area contributed by atoms with Crippen molar-refractivity contribution >= 4 is 17.6 Å². The highest BCUT2D eigenvalue weighted by Gasteiger charge is 2.17. The number of nitrogens with one attached hydrogen (secondary N) is 1. The Morgan fingerprint density at radius 2 is 2.11 bits per heavy atom. The molecular weight excluding hydrogens is 368 g/mol. The van der Waals surface area contributed by atoms with Gasteiger partial charge in [0.05, 0.1) is 17.2 Å². The number of aliphatic hydroxyl groups is 1. The van der Waals surface area contributed by atoms with Gasteiger partial charge in [0.25, 0.3) is 0 Å². The van der Waals surface area contributed by atoms with Crippen molar-refractivity contribution in [2.45, 2.75) is 32.4 Å². The molecule has 1 aromatic carbocycles. The molecule has 1 aliphatic heterocycles. The fourth-order valence-electron chi connectivity index (χ4n) is 2.10. The molecule has 5 N–H and O–H groups in total. The Hall–Kier alpha value is -2.78. The van der Waals surface area contributed by atoms with Crippen molar-refractivity contribution < 1.29 is 39.7 Å². The van der Waals surface area contributed by atoms with Gasteiger partial charge in [-0.05, 0) is 39.0 Å². The number of hydrogen-bond acceptors (Lipinski definition) is 7. The Kier molecular flexibility index (Phi) is 9.26. The molecule has 0 bridgehead atoms. The highest BCUT2D eigenvalue weighted by Crippen LogP contribution is 2.31. The Balaban J connectivity index is 0.000000416. The number of carbonyl (C=O) groups is 2. The number of ether oxygens (including phenoxy) is 2. The molecule has 1 aromatic rings. The number of hydrogen-bond donors (Lipinski definition) is 4. The van der Waals surface area contributed by atoms with E-state index in [2.05, 4.69) is 31.4 Å². The van der Waals surface area contributed by atoms with Gasteiger partial charge in [0.2, 0.25) is 0 Å². The average Bonchev–Trinajstić information content (AvgIpc) is 2.63. The molecule has 0 amide bonds. The fraction of sp³-hybridized carbons (Fsp3) is 0.474. The van der Waals surface area contributed by atoms with Crippen LogP contribution in [-0.4, -0.2) is 60.1 Å². The summed E-state index contributed by atoms with van der Waals surface area (Å²) in [6.07, 6.45) is 0.465. The number of benzene rings is 1. The molecule has 156 valence electrons. The second kappa shape index (κ2) is 11.2. The first kappa shape index (κ1) is 23.3. The van der Waals surface area contributed by atoms with Crippen LogP contribution in [0.5, 0.6) is 11.5 Å². The Bertz CT molecular complexity index is 667. The van der Waals surface area contributed by atoms with Crippen molar-refractivity contribution in [3.8, 4) is 11.5 Å².